The highest BCUT2D eigenvalue weighted by Crippen LogP contribution is 2.23. The third-order valence-corrected chi connectivity index (χ3v) is 5.93. The molecule has 10 heteroatoms. The van der Waals surface area contributed by atoms with E-state index in [0.717, 1.165) is 3.57 Å². The Balaban J connectivity index is 1.43. The number of hydrogen-bond acceptors (Lipinski definition) is 6. The Morgan fingerprint density at radius 2 is 1.69 bits per heavy atom. The number of benzene rings is 2. The zero-order valence-electron chi connectivity index (χ0n) is 14.8. The number of sulfonamides is 1. The highest BCUT2D eigenvalue weighted by molar-refractivity contribution is 14.1. The van der Waals surface area contributed by atoms with Crippen LogP contribution in [0, 0.1) is 3.57 Å². The van der Waals surface area contributed by atoms with Gasteiger partial charge in [-0.1, -0.05) is 0 Å². The van der Waals surface area contributed by atoms with Crippen LogP contribution in [-0.2, 0) is 10.0 Å². The van der Waals surface area contributed by atoms with Crippen molar-refractivity contribution in [2.24, 2.45) is 0 Å². The Morgan fingerprint density at radius 3 is 2.31 bits per heavy atom. The van der Waals surface area contributed by atoms with Gasteiger partial charge in [0.1, 0.15) is 5.75 Å². The van der Waals surface area contributed by atoms with Crippen molar-refractivity contribution in [3.05, 3.63) is 82.7 Å². The monoisotopic (exact) mass is 519 g/mol. The molecule has 1 N–H and O–H groups in total. The van der Waals surface area contributed by atoms with Gasteiger partial charge in [0.05, 0.1) is 4.90 Å². The molecule has 29 heavy (non-hydrogen) atoms. The lowest BCUT2D eigenvalue weighted by Gasteiger charge is -2.09. The maximum absolute atomic E-state index is 12.4. The Bertz CT molecular complexity index is 1190. The minimum absolute atomic E-state index is 0.200. The molecule has 8 nitrogen and oxygen atoms in total. The molecule has 2 aromatic carbocycles. The van der Waals surface area contributed by atoms with E-state index in [1.807, 2.05) is 0 Å². The second-order valence-corrected chi connectivity index (χ2v) is 8.79. The summed E-state index contributed by atoms with van der Waals surface area (Å²) in [6.45, 7) is 0. The minimum Gasteiger partial charge on any atom is -0.438 e. The van der Waals surface area contributed by atoms with Gasteiger partial charge in [-0.3, -0.25) is 4.72 Å². The van der Waals surface area contributed by atoms with E-state index in [1.165, 1.54) is 0 Å². The van der Waals surface area contributed by atoms with Crippen LogP contribution in [0.3, 0.4) is 0 Å². The summed E-state index contributed by atoms with van der Waals surface area (Å²) in [7, 11) is -3.65. The predicted molar refractivity (Wildman–Crippen MR) is 116 cm³/mol. The number of hydrogen-bond donors (Lipinski definition) is 1. The Morgan fingerprint density at radius 1 is 0.931 bits per heavy atom. The molecule has 146 valence electrons. The van der Waals surface area contributed by atoms with Crippen molar-refractivity contribution < 1.29 is 13.2 Å². The van der Waals surface area contributed by atoms with Crippen molar-refractivity contribution in [3.8, 4) is 17.4 Å². The van der Waals surface area contributed by atoms with Gasteiger partial charge in [0, 0.05) is 27.7 Å². The van der Waals surface area contributed by atoms with Gasteiger partial charge in [0.15, 0.2) is 5.82 Å². The van der Waals surface area contributed by atoms with Gasteiger partial charge < -0.3 is 4.74 Å². The van der Waals surface area contributed by atoms with E-state index in [9.17, 15) is 8.42 Å². The van der Waals surface area contributed by atoms with Gasteiger partial charge in [-0.2, -0.15) is 5.10 Å². The number of anilines is 1. The van der Waals surface area contributed by atoms with Crippen molar-refractivity contribution in [1.82, 2.24) is 20.0 Å². The van der Waals surface area contributed by atoms with Crippen molar-refractivity contribution in [1.29, 1.82) is 0 Å². The minimum atomic E-state index is -3.65. The lowest BCUT2D eigenvalue weighted by Crippen LogP contribution is -2.12. The molecule has 0 saturated carbocycles. The molecule has 0 aliphatic carbocycles. The average molecular weight is 519 g/mol. The van der Waals surface area contributed by atoms with Crippen LogP contribution in [0.15, 0.2) is 84.0 Å². The zero-order valence-corrected chi connectivity index (χ0v) is 17.8. The fourth-order valence-electron chi connectivity index (χ4n) is 2.43. The zero-order chi connectivity index (χ0) is 20.3. The molecule has 0 fully saturated rings. The average Bonchev–Trinajstić information content (AvgIpc) is 3.25. The fourth-order valence-corrected chi connectivity index (χ4v) is 3.85. The first-order valence-corrected chi connectivity index (χ1v) is 11.0. The number of halogens is 1. The molecular formula is C19H14IN5O3S. The summed E-state index contributed by atoms with van der Waals surface area (Å²) in [6.07, 6.45) is 3.42. The third-order valence-electron chi connectivity index (χ3n) is 3.82. The second-order valence-electron chi connectivity index (χ2n) is 5.87. The molecule has 0 amide bonds. The summed E-state index contributed by atoms with van der Waals surface area (Å²) in [5, 5.41) is 12.2. The van der Waals surface area contributed by atoms with Crippen molar-refractivity contribution >= 4 is 38.3 Å². The molecule has 0 unspecified atom stereocenters. The van der Waals surface area contributed by atoms with Crippen molar-refractivity contribution in [3.63, 3.8) is 0 Å². The molecule has 2 aromatic heterocycles. The Labute approximate surface area is 180 Å². The summed E-state index contributed by atoms with van der Waals surface area (Å²) >= 11 is 2.12. The molecule has 0 aliphatic rings. The summed E-state index contributed by atoms with van der Waals surface area (Å²) < 4.78 is 35.6. The first kappa shape index (κ1) is 19.3. The molecule has 4 rings (SSSR count). The third kappa shape index (κ3) is 4.71. The van der Waals surface area contributed by atoms with Crippen molar-refractivity contribution in [2.75, 3.05) is 4.72 Å². The maximum Gasteiger partial charge on any atom is 0.261 e. The second kappa shape index (κ2) is 8.17. The molecular weight excluding hydrogens is 505 g/mol. The van der Waals surface area contributed by atoms with E-state index in [2.05, 4.69) is 42.6 Å². The molecule has 0 aliphatic heterocycles. The van der Waals surface area contributed by atoms with E-state index in [-0.39, 0.29) is 4.90 Å². The highest BCUT2D eigenvalue weighted by Gasteiger charge is 2.14. The molecule has 0 atom stereocenters. The van der Waals surface area contributed by atoms with Gasteiger partial charge in [-0.25, -0.2) is 13.1 Å². The van der Waals surface area contributed by atoms with Crippen LogP contribution in [0.1, 0.15) is 0 Å². The SMILES string of the molecule is O=S(=O)(Nc1ccc(Oc2ccc(-n3cccn3)nn2)cc1)c1ccc(I)cc1. The highest BCUT2D eigenvalue weighted by atomic mass is 127. The van der Waals surface area contributed by atoms with E-state index < -0.39 is 10.0 Å². The first-order chi connectivity index (χ1) is 14.0. The number of ether oxygens (including phenoxy) is 1. The molecule has 0 bridgehead atoms. The van der Waals surface area contributed by atoms with Gasteiger partial charge in [-0.05, 0) is 83.3 Å². The maximum atomic E-state index is 12.4. The fraction of sp³-hybridized carbons (Fsp3) is 0. The molecule has 0 saturated heterocycles. The number of nitrogens with one attached hydrogen (secondary N) is 1. The van der Waals surface area contributed by atoms with Gasteiger partial charge in [0.2, 0.25) is 5.88 Å². The van der Waals surface area contributed by atoms with Gasteiger partial charge >= 0.3 is 0 Å². The topological polar surface area (TPSA) is 99.0 Å². The van der Waals surface area contributed by atoms with E-state index in [0.29, 0.717) is 23.1 Å². The van der Waals surface area contributed by atoms with Crippen LogP contribution in [0.5, 0.6) is 11.6 Å². The molecule has 0 radical (unpaired) electrons. The van der Waals surface area contributed by atoms with Crippen LogP contribution < -0.4 is 9.46 Å². The normalized spacial score (nSPS) is 11.2. The van der Waals surface area contributed by atoms with Gasteiger partial charge in [0.25, 0.3) is 10.0 Å². The van der Waals surface area contributed by atoms with Gasteiger partial charge in [-0.15, -0.1) is 10.2 Å². The first-order valence-electron chi connectivity index (χ1n) is 8.40. The molecule has 2 heterocycles. The molecule has 4 aromatic rings. The summed E-state index contributed by atoms with van der Waals surface area (Å²) in [5.74, 6) is 1.39. The Kier molecular flexibility index (Phi) is 5.45. The number of rotatable bonds is 6. The number of nitrogens with zero attached hydrogens (tertiary/aromatic N) is 4. The lowest BCUT2D eigenvalue weighted by molar-refractivity contribution is 0.454. The van der Waals surface area contributed by atoms with E-state index in [4.69, 9.17) is 4.74 Å². The largest absolute Gasteiger partial charge is 0.438 e. The quantitative estimate of drug-likeness (QED) is 0.389. The van der Waals surface area contributed by atoms with Crippen LogP contribution in [0.2, 0.25) is 0 Å². The van der Waals surface area contributed by atoms with Crippen LogP contribution >= 0.6 is 22.6 Å². The summed E-state index contributed by atoms with van der Waals surface area (Å²) in [4.78, 5) is 0.200. The predicted octanol–water partition coefficient (Wildman–Crippen LogP) is 3.86. The van der Waals surface area contributed by atoms with Crippen molar-refractivity contribution in [2.45, 2.75) is 4.90 Å². The smallest absolute Gasteiger partial charge is 0.261 e. The standard InChI is InChI=1S/C19H14IN5O3S/c20-14-2-8-17(9-3-14)29(26,27)24-15-4-6-16(7-5-15)28-19-11-10-18(22-23-19)25-13-1-12-21-25/h1-13,24H. The number of aromatic nitrogens is 4. The summed E-state index contributed by atoms with van der Waals surface area (Å²) in [5.41, 5.74) is 0.427. The van der Waals surface area contributed by atoms with Crippen LogP contribution in [0.4, 0.5) is 5.69 Å². The Hall–Kier alpha value is -2.99. The van der Waals surface area contributed by atoms with E-state index in [1.54, 1.807) is 83.8 Å². The van der Waals surface area contributed by atoms with E-state index >= 15 is 0 Å². The lowest BCUT2D eigenvalue weighted by atomic mass is 10.3. The molecule has 0 spiro atoms. The summed E-state index contributed by atoms with van der Waals surface area (Å²) in [6, 6.07) is 18.3. The van der Waals surface area contributed by atoms with Crippen LogP contribution in [0.25, 0.3) is 5.82 Å². The van der Waals surface area contributed by atoms with Crippen LogP contribution in [-0.4, -0.2) is 28.4 Å².